The van der Waals surface area contributed by atoms with Gasteiger partial charge < -0.3 is 20.1 Å². The molecule has 0 spiro atoms. The van der Waals surface area contributed by atoms with E-state index in [4.69, 9.17) is 9.47 Å². The Labute approximate surface area is 311 Å². The fourth-order valence-electron chi connectivity index (χ4n) is 4.82. The topological polar surface area (TPSA) is 235 Å². The first-order valence-electron chi connectivity index (χ1n) is 18.4. The minimum atomic E-state index is -0.955. The van der Waals surface area contributed by atoms with Crippen LogP contribution in [0.15, 0.2) is 20.0 Å². The number of nitrogens with one attached hydrogen (secondary N) is 2. The molecule has 0 saturated carbocycles. The van der Waals surface area contributed by atoms with Gasteiger partial charge in [0.2, 0.25) is 24.3 Å². The quantitative estimate of drug-likeness (QED) is 0.0530. The summed E-state index contributed by atoms with van der Waals surface area (Å²) in [6.07, 6.45) is 14.2. The number of carbonyl (C=O) groups excluding carboxylic acids is 8. The lowest BCUT2D eigenvalue weighted by atomic mass is 10.2. The zero-order valence-electron chi connectivity index (χ0n) is 31.0. The van der Waals surface area contributed by atoms with Crippen LogP contribution in [0.5, 0.6) is 0 Å². The Kier molecular flexibility index (Phi) is 32.1. The molecule has 0 radical (unpaired) electrons. The fraction of sp³-hybridized carbons (Fsp3) is 0.771. The summed E-state index contributed by atoms with van der Waals surface area (Å²) in [4.78, 5) is 109. The number of urea groups is 2. The molecule has 0 fully saturated rings. The minimum Gasteiger partial charge on any atom is -0.445 e. The number of nitrogens with zero attached hydrogens (tertiary/aromatic N) is 6. The van der Waals surface area contributed by atoms with Gasteiger partial charge >= 0.3 is 24.2 Å². The number of ether oxygens (including phenoxy) is 2. The van der Waals surface area contributed by atoms with E-state index < -0.39 is 30.4 Å². The lowest BCUT2D eigenvalue weighted by molar-refractivity contribution is 0.0303. The maximum atomic E-state index is 13.1. The molecule has 0 heterocycles. The van der Waals surface area contributed by atoms with Gasteiger partial charge in [0.05, 0.1) is 26.2 Å². The average molecular weight is 749 g/mol. The first kappa shape index (κ1) is 48.0. The molecule has 0 aromatic rings. The summed E-state index contributed by atoms with van der Waals surface area (Å²) in [7, 11) is 0. The number of isocyanates is 4. The van der Waals surface area contributed by atoms with Crippen LogP contribution in [0.3, 0.4) is 0 Å². The van der Waals surface area contributed by atoms with Gasteiger partial charge in [0, 0.05) is 26.2 Å². The van der Waals surface area contributed by atoms with Gasteiger partial charge in [-0.1, -0.05) is 51.4 Å². The second-order valence-corrected chi connectivity index (χ2v) is 12.1. The molecule has 0 aromatic carbocycles. The number of amides is 6. The Hall–Kier alpha value is -5.00. The predicted octanol–water partition coefficient (Wildman–Crippen LogP) is 5.26. The summed E-state index contributed by atoms with van der Waals surface area (Å²) in [5.74, 6) is 0. The van der Waals surface area contributed by atoms with Crippen LogP contribution in [0, 0.1) is 0 Å². The second kappa shape index (κ2) is 35.4. The molecule has 1 unspecified atom stereocenters. The molecular formula is C35H56N8O10. The van der Waals surface area contributed by atoms with Crippen molar-refractivity contribution < 1.29 is 47.8 Å². The van der Waals surface area contributed by atoms with E-state index >= 15 is 0 Å². The highest BCUT2D eigenvalue weighted by Gasteiger charge is 2.27. The number of rotatable bonds is 31. The molecule has 18 nitrogen and oxygen atoms in total. The maximum absolute atomic E-state index is 13.1. The molecule has 0 rings (SSSR count). The minimum absolute atomic E-state index is 0.0694. The van der Waals surface area contributed by atoms with Gasteiger partial charge in [-0.15, -0.1) is 0 Å². The fourth-order valence-corrected chi connectivity index (χ4v) is 4.82. The molecule has 2 N–H and O–H groups in total. The third-order valence-electron chi connectivity index (χ3n) is 7.68. The van der Waals surface area contributed by atoms with E-state index in [1.807, 2.05) is 0 Å². The van der Waals surface area contributed by atoms with Gasteiger partial charge in [0.25, 0.3) is 0 Å². The zero-order chi connectivity index (χ0) is 39.2. The van der Waals surface area contributed by atoms with E-state index in [0.29, 0.717) is 90.6 Å². The van der Waals surface area contributed by atoms with Crippen molar-refractivity contribution in [1.82, 2.24) is 20.4 Å². The Balaban J connectivity index is 5.17. The molecule has 0 aliphatic rings. The highest BCUT2D eigenvalue weighted by molar-refractivity contribution is 5.91. The van der Waals surface area contributed by atoms with Crippen LogP contribution in [0.1, 0.15) is 110 Å². The van der Waals surface area contributed by atoms with E-state index in [1.54, 1.807) is 0 Å². The second-order valence-electron chi connectivity index (χ2n) is 12.1. The Morgan fingerprint density at radius 2 is 0.849 bits per heavy atom. The lowest BCUT2D eigenvalue weighted by Gasteiger charge is -2.24. The van der Waals surface area contributed by atoms with E-state index in [1.165, 1.54) is 31.2 Å². The number of hydrogen-bond acceptors (Lipinski definition) is 14. The number of imide groups is 2. The van der Waals surface area contributed by atoms with Crippen molar-refractivity contribution in [3.05, 3.63) is 0 Å². The van der Waals surface area contributed by atoms with E-state index in [9.17, 15) is 38.4 Å². The van der Waals surface area contributed by atoms with Crippen LogP contribution in [0.4, 0.5) is 19.2 Å². The number of carbonyl (C=O) groups is 4. The Bertz CT molecular complexity index is 1240. The summed E-state index contributed by atoms with van der Waals surface area (Å²) >= 11 is 0. The van der Waals surface area contributed by atoms with Crippen molar-refractivity contribution in [3.63, 3.8) is 0 Å². The Morgan fingerprint density at radius 3 is 1.23 bits per heavy atom. The molecule has 0 saturated heterocycles. The molecule has 53 heavy (non-hydrogen) atoms. The molecule has 0 aliphatic carbocycles. The van der Waals surface area contributed by atoms with E-state index in [2.05, 4.69) is 30.6 Å². The van der Waals surface area contributed by atoms with Crippen molar-refractivity contribution in [2.24, 2.45) is 20.0 Å². The third-order valence-corrected chi connectivity index (χ3v) is 7.68. The summed E-state index contributed by atoms with van der Waals surface area (Å²) < 4.78 is 10.8. The van der Waals surface area contributed by atoms with Crippen molar-refractivity contribution in [2.75, 3.05) is 59.0 Å². The molecule has 0 aliphatic heterocycles. The highest BCUT2D eigenvalue weighted by Crippen LogP contribution is 2.09. The number of unbranched alkanes of at least 4 members (excludes halogenated alkanes) is 12. The van der Waals surface area contributed by atoms with Gasteiger partial charge in [0.1, 0.15) is 12.7 Å². The van der Waals surface area contributed by atoms with Crippen molar-refractivity contribution in [1.29, 1.82) is 0 Å². The maximum Gasteiger partial charge on any atom is 0.418 e. The SMILES string of the molecule is CC(COC(=O)N(CCCCCCN=C=O)C(=O)NCCCCCCN=C=O)OC(=O)N(CCCCCCN=C=O)C(=O)NCCCCCCN=C=O. The van der Waals surface area contributed by atoms with Crippen LogP contribution in [-0.2, 0) is 28.7 Å². The first-order valence-corrected chi connectivity index (χ1v) is 18.4. The molecule has 18 heteroatoms. The van der Waals surface area contributed by atoms with E-state index in [-0.39, 0.29) is 19.7 Å². The molecule has 6 amide bonds. The van der Waals surface area contributed by atoms with Crippen LogP contribution in [0.2, 0.25) is 0 Å². The molecule has 1 atom stereocenters. The predicted molar refractivity (Wildman–Crippen MR) is 193 cm³/mol. The molecule has 0 bridgehead atoms. The number of hydrogen-bond donors (Lipinski definition) is 2. The normalized spacial score (nSPS) is 10.6. The van der Waals surface area contributed by atoms with Crippen LogP contribution in [-0.4, -0.2) is 123 Å². The summed E-state index contributed by atoms with van der Waals surface area (Å²) in [6, 6.07) is -1.27. The third kappa shape index (κ3) is 28.3. The van der Waals surface area contributed by atoms with Crippen molar-refractivity contribution >= 4 is 48.6 Å². The smallest absolute Gasteiger partial charge is 0.418 e. The van der Waals surface area contributed by atoms with Crippen LogP contribution in [0.25, 0.3) is 0 Å². The molecule has 296 valence electrons. The van der Waals surface area contributed by atoms with Gasteiger partial charge in [-0.3, -0.25) is 0 Å². The lowest BCUT2D eigenvalue weighted by Crippen LogP contribution is -2.47. The zero-order valence-corrected chi connectivity index (χ0v) is 31.0. The molecule has 0 aromatic heterocycles. The number of aliphatic imine (C=N–C) groups is 4. The summed E-state index contributed by atoms with van der Waals surface area (Å²) in [6.45, 7) is 3.41. The average Bonchev–Trinajstić information content (AvgIpc) is 3.14. The van der Waals surface area contributed by atoms with Crippen molar-refractivity contribution in [2.45, 2.75) is 116 Å². The summed E-state index contributed by atoms with van der Waals surface area (Å²) in [5.41, 5.74) is 0. The van der Waals surface area contributed by atoms with Gasteiger partial charge in [0.15, 0.2) is 0 Å². The molecular weight excluding hydrogens is 692 g/mol. The van der Waals surface area contributed by atoms with Gasteiger partial charge in [-0.25, -0.2) is 68.1 Å². The largest absolute Gasteiger partial charge is 0.445 e. The van der Waals surface area contributed by atoms with Crippen molar-refractivity contribution in [3.8, 4) is 0 Å². The monoisotopic (exact) mass is 748 g/mol. The van der Waals surface area contributed by atoms with Crippen LogP contribution < -0.4 is 10.6 Å². The Morgan fingerprint density at radius 1 is 0.509 bits per heavy atom. The van der Waals surface area contributed by atoms with E-state index in [0.717, 1.165) is 61.2 Å². The first-order chi connectivity index (χ1) is 25.8. The van der Waals surface area contributed by atoms with Gasteiger partial charge in [-0.05, 0) is 58.3 Å². The highest BCUT2D eigenvalue weighted by atomic mass is 16.6. The van der Waals surface area contributed by atoms with Gasteiger partial charge in [-0.2, -0.15) is 0 Å². The summed E-state index contributed by atoms with van der Waals surface area (Å²) in [5, 5.41) is 5.45. The van der Waals surface area contributed by atoms with Crippen LogP contribution >= 0.6 is 0 Å². The standard InChI is InChI=1S/C35H56N8O10/c1-31(53-35(51)43(25-17-9-7-13-21-39-30-47)33(49)41-23-15-5-3-11-19-37-28-45)26-52-34(50)42(24-16-8-6-12-20-38-29-46)32(48)40-22-14-4-2-10-18-36-27-44/h31H,2-26H2,1H3,(H,40,48)(H,41,49).